The molecule has 0 amide bonds. The molecule has 0 aliphatic rings. The van der Waals surface area contributed by atoms with Gasteiger partial charge in [0.1, 0.15) is 0 Å². The molecule has 1 heteroatoms. The first-order valence-corrected chi connectivity index (χ1v) is 6.81. The maximum atomic E-state index is 3.33. The maximum Gasteiger partial charge on any atom is 0.0314 e. The Balaban J connectivity index is -0.000000506. The molecule has 0 spiro atoms. The fourth-order valence-corrected chi connectivity index (χ4v) is 1.48. The topological polar surface area (TPSA) is 12.0 Å². The first-order chi connectivity index (χ1) is 8.67. The van der Waals surface area contributed by atoms with Crippen LogP contribution in [0.15, 0.2) is 48.6 Å². The highest BCUT2D eigenvalue weighted by Crippen LogP contribution is 2.13. The molecular weight excluding hydrogens is 218 g/mol. The van der Waals surface area contributed by atoms with E-state index in [-0.39, 0.29) is 0 Å². The van der Waals surface area contributed by atoms with Crippen molar-refractivity contribution in [3.8, 4) is 0 Å². The second-order valence-electron chi connectivity index (χ2n) is 3.59. The molecular formula is C17H33N. The lowest BCUT2D eigenvalue weighted by atomic mass is 9.99. The average molecular weight is 251 g/mol. The molecule has 0 heterocycles. The molecule has 0 bridgehead atoms. The van der Waals surface area contributed by atoms with Crippen LogP contribution in [0.4, 0.5) is 0 Å². The molecule has 0 aliphatic heterocycles. The summed E-state index contributed by atoms with van der Waals surface area (Å²) in [6, 6.07) is 0.474. The Morgan fingerprint density at radius 3 is 1.94 bits per heavy atom. The molecule has 0 aliphatic carbocycles. The zero-order chi connectivity index (χ0) is 15.0. The third-order valence-corrected chi connectivity index (χ3v) is 2.29. The lowest BCUT2D eigenvalue weighted by Crippen LogP contribution is -2.26. The van der Waals surface area contributed by atoms with Crippen LogP contribution < -0.4 is 5.32 Å². The van der Waals surface area contributed by atoms with E-state index < -0.39 is 0 Å². The summed E-state index contributed by atoms with van der Waals surface area (Å²) in [4.78, 5) is 0. The molecule has 0 fully saturated rings. The second-order valence-corrected chi connectivity index (χ2v) is 3.59. The third-order valence-electron chi connectivity index (χ3n) is 2.29. The second kappa shape index (κ2) is 18.3. The maximum absolute atomic E-state index is 3.33. The van der Waals surface area contributed by atoms with Gasteiger partial charge in [-0.2, -0.15) is 0 Å². The molecule has 0 aromatic carbocycles. The lowest BCUT2D eigenvalue weighted by Gasteiger charge is -2.17. The molecule has 1 nitrogen and oxygen atoms in total. The molecule has 106 valence electrons. The summed E-state index contributed by atoms with van der Waals surface area (Å²) in [5.74, 6) is 0. The van der Waals surface area contributed by atoms with E-state index in [0.29, 0.717) is 6.04 Å². The van der Waals surface area contributed by atoms with Gasteiger partial charge in [0.15, 0.2) is 0 Å². The van der Waals surface area contributed by atoms with Crippen LogP contribution in [0.1, 0.15) is 48.0 Å². The number of hydrogen-bond donors (Lipinski definition) is 1. The van der Waals surface area contributed by atoms with Crippen LogP contribution >= 0.6 is 0 Å². The van der Waals surface area contributed by atoms with E-state index in [2.05, 4.69) is 57.5 Å². The van der Waals surface area contributed by atoms with Gasteiger partial charge in [-0.05, 0) is 39.8 Å². The first kappa shape index (κ1) is 22.1. The molecule has 0 radical (unpaired) electrons. The lowest BCUT2D eigenvalue weighted by molar-refractivity contribution is 0.622. The summed E-state index contributed by atoms with van der Waals surface area (Å²) in [6.45, 7) is 18.6. The van der Waals surface area contributed by atoms with Crippen LogP contribution in [0.25, 0.3) is 0 Å². The summed E-state index contributed by atoms with van der Waals surface area (Å²) in [5, 5.41) is 3.33. The summed E-state index contributed by atoms with van der Waals surface area (Å²) < 4.78 is 0. The highest BCUT2D eigenvalue weighted by atomic mass is 14.9. The van der Waals surface area contributed by atoms with Crippen molar-refractivity contribution in [3.63, 3.8) is 0 Å². The van der Waals surface area contributed by atoms with Crippen molar-refractivity contribution in [2.45, 2.75) is 54.0 Å². The monoisotopic (exact) mass is 251 g/mol. The highest BCUT2D eigenvalue weighted by Gasteiger charge is 2.07. The van der Waals surface area contributed by atoms with Gasteiger partial charge in [-0.1, -0.05) is 50.6 Å². The van der Waals surface area contributed by atoms with Gasteiger partial charge >= 0.3 is 0 Å². The molecule has 0 rings (SSSR count). The Bertz CT molecular complexity index is 238. The minimum atomic E-state index is 0.474. The van der Waals surface area contributed by atoms with E-state index in [1.54, 1.807) is 0 Å². The van der Waals surface area contributed by atoms with Gasteiger partial charge in [-0.25, -0.2) is 0 Å². The van der Waals surface area contributed by atoms with Crippen LogP contribution in [0.2, 0.25) is 0 Å². The van der Waals surface area contributed by atoms with Crippen molar-refractivity contribution in [2.75, 3.05) is 7.05 Å². The zero-order valence-electron chi connectivity index (χ0n) is 13.5. The summed E-state index contributed by atoms with van der Waals surface area (Å²) in [7, 11) is 2.01. The Kier molecular flexibility index (Phi) is 22.5. The zero-order valence-corrected chi connectivity index (χ0v) is 13.5. The number of rotatable bonds is 5. The Hall–Kier alpha value is -1.08. The SMILES string of the molecule is C/C=C\C=C/C(=C(C)C)C(CC)NC.C=C.CC. The molecule has 0 aromatic heterocycles. The predicted molar refractivity (Wildman–Crippen MR) is 88.1 cm³/mol. The van der Waals surface area contributed by atoms with E-state index in [1.165, 1.54) is 11.1 Å². The number of allylic oxidation sites excluding steroid dienone is 4. The van der Waals surface area contributed by atoms with E-state index >= 15 is 0 Å². The van der Waals surface area contributed by atoms with Crippen molar-refractivity contribution in [1.82, 2.24) is 5.32 Å². The normalized spacial score (nSPS) is 11.3. The average Bonchev–Trinajstić information content (AvgIpc) is 2.42. The Labute approximate surface area is 115 Å². The molecule has 0 aromatic rings. The van der Waals surface area contributed by atoms with Crippen LogP contribution in [0.5, 0.6) is 0 Å². The highest BCUT2D eigenvalue weighted by molar-refractivity contribution is 5.30. The number of nitrogens with one attached hydrogen (secondary N) is 1. The Morgan fingerprint density at radius 1 is 1.17 bits per heavy atom. The van der Waals surface area contributed by atoms with Gasteiger partial charge in [0.25, 0.3) is 0 Å². The van der Waals surface area contributed by atoms with Crippen molar-refractivity contribution in [2.24, 2.45) is 0 Å². The molecule has 1 atom stereocenters. The van der Waals surface area contributed by atoms with Gasteiger partial charge in [0.05, 0.1) is 0 Å². The molecule has 1 N–H and O–H groups in total. The predicted octanol–water partition coefficient (Wildman–Crippen LogP) is 5.28. The van der Waals surface area contributed by atoms with Crippen molar-refractivity contribution >= 4 is 0 Å². The quantitative estimate of drug-likeness (QED) is 0.517. The molecule has 1 unspecified atom stereocenters. The van der Waals surface area contributed by atoms with Gasteiger partial charge in [0.2, 0.25) is 0 Å². The molecule has 0 saturated carbocycles. The van der Waals surface area contributed by atoms with Gasteiger partial charge in [-0.15, -0.1) is 13.2 Å². The van der Waals surface area contributed by atoms with Crippen LogP contribution in [-0.4, -0.2) is 13.1 Å². The number of hydrogen-bond acceptors (Lipinski definition) is 1. The minimum absolute atomic E-state index is 0.474. The summed E-state index contributed by atoms with van der Waals surface area (Å²) >= 11 is 0. The standard InChI is InChI=1S/C13H23N.C2H6.C2H4/c1-6-8-9-10-12(11(3)4)13(7-2)14-5;2*1-2/h6,8-10,13-14H,7H2,1-5H3;1-2H3;1-2H2/b8-6-,10-9-;;. The van der Waals surface area contributed by atoms with E-state index in [9.17, 15) is 0 Å². The third kappa shape index (κ3) is 11.4. The first-order valence-electron chi connectivity index (χ1n) is 6.81. The largest absolute Gasteiger partial charge is 0.313 e. The van der Waals surface area contributed by atoms with Crippen LogP contribution in [-0.2, 0) is 0 Å². The fraction of sp³-hybridized carbons (Fsp3) is 0.529. The van der Waals surface area contributed by atoms with Gasteiger partial charge in [0, 0.05) is 6.04 Å². The smallest absolute Gasteiger partial charge is 0.0314 e. The Morgan fingerprint density at radius 2 is 1.67 bits per heavy atom. The van der Waals surface area contributed by atoms with Crippen molar-refractivity contribution < 1.29 is 0 Å². The summed E-state index contributed by atoms with van der Waals surface area (Å²) in [5.41, 5.74) is 2.78. The van der Waals surface area contributed by atoms with Crippen LogP contribution in [0, 0.1) is 0 Å². The van der Waals surface area contributed by atoms with E-state index in [4.69, 9.17) is 0 Å². The summed E-state index contributed by atoms with van der Waals surface area (Å²) in [6.07, 6.45) is 9.52. The number of likely N-dealkylation sites (N-methyl/N-ethyl adjacent to an activating group) is 1. The van der Waals surface area contributed by atoms with Crippen molar-refractivity contribution in [1.29, 1.82) is 0 Å². The molecule has 0 saturated heterocycles. The molecule has 18 heavy (non-hydrogen) atoms. The van der Waals surface area contributed by atoms with Gasteiger partial charge in [-0.3, -0.25) is 0 Å². The fourth-order valence-electron chi connectivity index (χ4n) is 1.48. The van der Waals surface area contributed by atoms with Crippen LogP contribution in [0.3, 0.4) is 0 Å². The van der Waals surface area contributed by atoms with E-state index in [0.717, 1.165) is 6.42 Å². The minimum Gasteiger partial charge on any atom is -0.313 e. The van der Waals surface area contributed by atoms with Gasteiger partial charge < -0.3 is 5.32 Å². The van der Waals surface area contributed by atoms with E-state index in [1.807, 2.05) is 33.9 Å². The van der Waals surface area contributed by atoms with Crippen molar-refractivity contribution in [3.05, 3.63) is 48.6 Å².